The number of anilines is 1. The second-order valence-corrected chi connectivity index (χ2v) is 7.41. The molecular formula is C18H21F3N4OS. The van der Waals surface area contributed by atoms with Crippen molar-refractivity contribution in [2.75, 3.05) is 31.1 Å². The van der Waals surface area contributed by atoms with Crippen molar-refractivity contribution in [1.29, 1.82) is 0 Å². The number of amides is 2. The van der Waals surface area contributed by atoms with E-state index >= 15 is 0 Å². The van der Waals surface area contributed by atoms with E-state index in [4.69, 9.17) is 0 Å². The molecule has 0 spiro atoms. The first-order valence-corrected chi connectivity index (χ1v) is 9.51. The van der Waals surface area contributed by atoms with E-state index in [0.29, 0.717) is 31.9 Å². The largest absolute Gasteiger partial charge is 0.416 e. The molecule has 1 saturated heterocycles. The number of aryl methyl sites for hydroxylation is 1. The third kappa shape index (κ3) is 4.71. The van der Waals surface area contributed by atoms with Gasteiger partial charge in [0.15, 0.2) is 0 Å². The normalized spacial score (nSPS) is 16.3. The minimum absolute atomic E-state index is 0.181. The standard InChI is InChI=1S/C18H21F3N4OS/c1-12-11-27-16(22-12)13(2)23-17(26)25-8-6-24(7-9-25)15-5-3-4-14(10-15)18(19,20)21/h3-5,10-11,13H,6-9H2,1-2H3,(H,23,26). The minimum Gasteiger partial charge on any atom is -0.368 e. The summed E-state index contributed by atoms with van der Waals surface area (Å²) in [5, 5.41) is 5.72. The van der Waals surface area contributed by atoms with Gasteiger partial charge in [-0.3, -0.25) is 0 Å². The number of carbonyl (C=O) groups is 1. The highest BCUT2D eigenvalue weighted by atomic mass is 32.1. The molecule has 2 aromatic rings. The van der Waals surface area contributed by atoms with Crippen molar-refractivity contribution in [3.05, 3.63) is 45.9 Å². The second kappa shape index (κ2) is 7.75. The Morgan fingerprint density at radius 2 is 1.96 bits per heavy atom. The highest BCUT2D eigenvalue weighted by Crippen LogP contribution is 2.31. The van der Waals surface area contributed by atoms with Crippen molar-refractivity contribution in [1.82, 2.24) is 15.2 Å². The van der Waals surface area contributed by atoms with Crippen LogP contribution in [-0.2, 0) is 6.18 Å². The van der Waals surface area contributed by atoms with Gasteiger partial charge >= 0.3 is 12.2 Å². The summed E-state index contributed by atoms with van der Waals surface area (Å²) >= 11 is 1.50. The van der Waals surface area contributed by atoms with Crippen LogP contribution < -0.4 is 10.2 Å². The van der Waals surface area contributed by atoms with Gasteiger partial charge in [0.25, 0.3) is 0 Å². The van der Waals surface area contributed by atoms with Crippen LogP contribution in [-0.4, -0.2) is 42.1 Å². The zero-order valence-electron chi connectivity index (χ0n) is 15.1. The van der Waals surface area contributed by atoms with Crippen molar-refractivity contribution < 1.29 is 18.0 Å². The molecule has 1 N–H and O–H groups in total. The fourth-order valence-corrected chi connectivity index (χ4v) is 3.76. The van der Waals surface area contributed by atoms with E-state index in [1.54, 1.807) is 11.0 Å². The smallest absolute Gasteiger partial charge is 0.368 e. The van der Waals surface area contributed by atoms with Gasteiger partial charge in [0.2, 0.25) is 0 Å². The van der Waals surface area contributed by atoms with Crippen LogP contribution >= 0.6 is 11.3 Å². The molecule has 146 valence electrons. The first-order chi connectivity index (χ1) is 12.7. The number of benzene rings is 1. The number of hydrogen-bond donors (Lipinski definition) is 1. The van der Waals surface area contributed by atoms with Crippen LogP contribution in [0.5, 0.6) is 0 Å². The molecular weight excluding hydrogens is 377 g/mol. The highest BCUT2D eigenvalue weighted by Gasteiger charge is 2.31. The maximum absolute atomic E-state index is 12.9. The van der Waals surface area contributed by atoms with E-state index < -0.39 is 11.7 Å². The summed E-state index contributed by atoms with van der Waals surface area (Å²) in [4.78, 5) is 20.4. The number of halogens is 3. The highest BCUT2D eigenvalue weighted by molar-refractivity contribution is 7.09. The summed E-state index contributed by atoms with van der Waals surface area (Å²) in [5.41, 5.74) is 0.787. The van der Waals surface area contributed by atoms with Gasteiger partial charge in [-0.05, 0) is 32.0 Å². The Kier molecular flexibility index (Phi) is 5.59. The molecule has 3 rings (SSSR count). The maximum atomic E-state index is 12.9. The summed E-state index contributed by atoms with van der Waals surface area (Å²) in [6.07, 6.45) is -4.36. The summed E-state index contributed by atoms with van der Waals surface area (Å²) in [5.74, 6) is 0. The zero-order chi connectivity index (χ0) is 19.6. The number of hydrogen-bond acceptors (Lipinski definition) is 4. The summed E-state index contributed by atoms with van der Waals surface area (Å²) < 4.78 is 38.6. The topological polar surface area (TPSA) is 48.5 Å². The molecule has 1 atom stereocenters. The van der Waals surface area contributed by atoms with E-state index in [0.717, 1.165) is 22.8 Å². The van der Waals surface area contributed by atoms with E-state index in [1.807, 2.05) is 24.1 Å². The van der Waals surface area contributed by atoms with E-state index in [9.17, 15) is 18.0 Å². The molecule has 1 aliphatic rings. The van der Waals surface area contributed by atoms with Crippen LogP contribution in [0.2, 0.25) is 0 Å². The predicted molar refractivity (Wildman–Crippen MR) is 99.0 cm³/mol. The van der Waals surface area contributed by atoms with Crippen molar-refractivity contribution in [2.24, 2.45) is 0 Å². The fraction of sp³-hybridized carbons (Fsp3) is 0.444. The Balaban J connectivity index is 1.56. The van der Waals surface area contributed by atoms with Crippen LogP contribution in [0, 0.1) is 6.92 Å². The zero-order valence-corrected chi connectivity index (χ0v) is 15.9. The Bertz CT molecular complexity index is 800. The van der Waals surface area contributed by atoms with Crippen LogP contribution in [0.3, 0.4) is 0 Å². The summed E-state index contributed by atoms with van der Waals surface area (Å²) in [7, 11) is 0. The van der Waals surface area contributed by atoms with Crippen molar-refractivity contribution in [3.63, 3.8) is 0 Å². The molecule has 5 nitrogen and oxygen atoms in total. The van der Waals surface area contributed by atoms with Gasteiger partial charge in [-0.15, -0.1) is 11.3 Å². The molecule has 1 aromatic carbocycles. The van der Waals surface area contributed by atoms with Crippen LogP contribution in [0.4, 0.5) is 23.7 Å². The number of urea groups is 1. The molecule has 0 radical (unpaired) electrons. The number of aromatic nitrogens is 1. The second-order valence-electron chi connectivity index (χ2n) is 6.52. The van der Waals surface area contributed by atoms with Gasteiger partial charge < -0.3 is 15.1 Å². The molecule has 1 aliphatic heterocycles. The monoisotopic (exact) mass is 398 g/mol. The summed E-state index contributed by atoms with van der Waals surface area (Å²) in [6.45, 7) is 5.66. The molecule has 1 aromatic heterocycles. The maximum Gasteiger partial charge on any atom is 0.416 e. The van der Waals surface area contributed by atoms with Crippen LogP contribution in [0.25, 0.3) is 0 Å². The first kappa shape index (κ1) is 19.5. The van der Waals surface area contributed by atoms with Crippen LogP contribution in [0.1, 0.15) is 29.2 Å². The van der Waals surface area contributed by atoms with Gasteiger partial charge in [-0.1, -0.05) is 6.07 Å². The van der Waals surface area contributed by atoms with Crippen LogP contribution in [0.15, 0.2) is 29.6 Å². The predicted octanol–water partition coefficient (Wildman–Crippen LogP) is 4.06. The molecule has 0 bridgehead atoms. The molecule has 2 heterocycles. The van der Waals surface area contributed by atoms with E-state index in [1.165, 1.54) is 17.4 Å². The molecule has 1 unspecified atom stereocenters. The van der Waals surface area contributed by atoms with Crippen molar-refractivity contribution in [2.45, 2.75) is 26.1 Å². The minimum atomic E-state index is -4.36. The van der Waals surface area contributed by atoms with E-state index in [2.05, 4.69) is 10.3 Å². The Morgan fingerprint density at radius 1 is 1.26 bits per heavy atom. The summed E-state index contributed by atoms with van der Waals surface area (Å²) in [6, 6.07) is 4.93. The number of thiazole rings is 1. The number of piperazine rings is 1. The van der Waals surface area contributed by atoms with Gasteiger partial charge in [0.05, 0.1) is 11.6 Å². The fourth-order valence-electron chi connectivity index (χ4n) is 2.96. The lowest BCUT2D eigenvalue weighted by Gasteiger charge is -2.36. The van der Waals surface area contributed by atoms with Gasteiger partial charge in [-0.25, -0.2) is 9.78 Å². The Morgan fingerprint density at radius 3 is 2.56 bits per heavy atom. The lowest BCUT2D eigenvalue weighted by Crippen LogP contribution is -2.52. The number of alkyl halides is 3. The first-order valence-electron chi connectivity index (χ1n) is 8.63. The molecule has 2 amide bonds. The third-order valence-electron chi connectivity index (χ3n) is 4.45. The molecule has 1 fully saturated rings. The average molecular weight is 398 g/mol. The van der Waals surface area contributed by atoms with Gasteiger partial charge in [-0.2, -0.15) is 13.2 Å². The molecule has 0 saturated carbocycles. The van der Waals surface area contributed by atoms with Crippen molar-refractivity contribution in [3.8, 4) is 0 Å². The van der Waals surface area contributed by atoms with Gasteiger partial charge in [0, 0.05) is 42.9 Å². The molecule has 0 aliphatic carbocycles. The van der Waals surface area contributed by atoms with Crippen molar-refractivity contribution >= 4 is 23.1 Å². The number of nitrogens with zero attached hydrogens (tertiary/aromatic N) is 3. The lowest BCUT2D eigenvalue weighted by molar-refractivity contribution is -0.137. The van der Waals surface area contributed by atoms with E-state index in [-0.39, 0.29) is 12.1 Å². The SMILES string of the molecule is Cc1csc(C(C)NC(=O)N2CCN(c3cccc(C(F)(F)F)c3)CC2)n1. The van der Waals surface area contributed by atoms with Gasteiger partial charge in [0.1, 0.15) is 5.01 Å². The molecule has 27 heavy (non-hydrogen) atoms. The number of nitrogens with one attached hydrogen (secondary N) is 1. The molecule has 9 heteroatoms. The third-order valence-corrected chi connectivity index (χ3v) is 5.60. The Hall–Kier alpha value is -2.29. The lowest BCUT2D eigenvalue weighted by atomic mass is 10.1. The Labute approximate surface area is 159 Å². The quantitative estimate of drug-likeness (QED) is 0.848. The number of rotatable bonds is 3. The number of carbonyl (C=O) groups excluding carboxylic acids is 1. The average Bonchev–Trinajstić information content (AvgIpc) is 3.08.